The van der Waals surface area contributed by atoms with Crippen molar-refractivity contribution in [1.82, 2.24) is 10.2 Å². The zero-order valence-electron chi connectivity index (χ0n) is 18.1. The van der Waals surface area contributed by atoms with Crippen molar-refractivity contribution in [3.63, 3.8) is 0 Å². The van der Waals surface area contributed by atoms with Gasteiger partial charge in [0.15, 0.2) is 18.1 Å². The molecule has 4 amide bonds. The van der Waals surface area contributed by atoms with Crippen molar-refractivity contribution in [3.05, 3.63) is 41.5 Å². The van der Waals surface area contributed by atoms with Crippen LogP contribution in [0.25, 0.3) is 6.08 Å². The first kappa shape index (κ1) is 23.1. The van der Waals surface area contributed by atoms with Crippen LogP contribution in [0.5, 0.6) is 11.5 Å². The van der Waals surface area contributed by atoms with Crippen molar-refractivity contribution in [2.45, 2.75) is 38.1 Å². The van der Waals surface area contributed by atoms with Gasteiger partial charge in [-0.3, -0.25) is 19.8 Å². The van der Waals surface area contributed by atoms with Gasteiger partial charge < -0.3 is 14.2 Å². The lowest BCUT2D eigenvalue weighted by Crippen LogP contribution is -2.57. The van der Waals surface area contributed by atoms with Gasteiger partial charge in [0.25, 0.3) is 11.8 Å². The maximum Gasteiger partial charge on any atom is 0.343 e. The first-order valence-corrected chi connectivity index (χ1v) is 10.3. The molecule has 1 aliphatic heterocycles. The monoisotopic (exact) mass is 442 g/mol. The molecule has 0 spiro atoms. The topological polar surface area (TPSA) is 111 Å². The van der Waals surface area contributed by atoms with E-state index < -0.39 is 23.8 Å². The number of methoxy groups -OCH3 is 2. The number of hydrogen-bond donors (Lipinski definition) is 1. The highest BCUT2D eigenvalue weighted by atomic mass is 16.6. The fourth-order valence-corrected chi connectivity index (χ4v) is 3.91. The van der Waals surface area contributed by atoms with Gasteiger partial charge in [0.05, 0.1) is 14.2 Å². The van der Waals surface area contributed by atoms with Crippen LogP contribution >= 0.6 is 0 Å². The number of amides is 4. The molecule has 1 saturated heterocycles. The number of hydrogen-bond acceptors (Lipinski definition) is 7. The van der Waals surface area contributed by atoms with Crippen LogP contribution in [0.4, 0.5) is 4.79 Å². The number of rotatable bonds is 8. The molecule has 1 aromatic carbocycles. The van der Waals surface area contributed by atoms with E-state index in [9.17, 15) is 19.2 Å². The van der Waals surface area contributed by atoms with Crippen LogP contribution in [0.15, 0.2) is 30.4 Å². The highest BCUT2D eigenvalue weighted by Crippen LogP contribution is 2.35. The quantitative estimate of drug-likeness (QED) is 0.285. The van der Waals surface area contributed by atoms with E-state index in [0.717, 1.165) is 30.6 Å². The highest BCUT2D eigenvalue weighted by molar-refractivity contribution is 6.31. The molecule has 2 aliphatic rings. The van der Waals surface area contributed by atoms with Crippen LogP contribution in [-0.4, -0.2) is 55.6 Å². The SMILES string of the molecule is C=CCc1cc(/C=C2\C(=O)NC(=O)N(C3CCCC3)C2=O)cc(OC)c1OCC(=O)OC. The van der Waals surface area contributed by atoms with Gasteiger partial charge in [0, 0.05) is 11.6 Å². The van der Waals surface area contributed by atoms with Crippen LogP contribution in [-0.2, 0) is 25.5 Å². The Morgan fingerprint density at radius 1 is 1.22 bits per heavy atom. The second-order valence-corrected chi connectivity index (χ2v) is 7.50. The van der Waals surface area contributed by atoms with Crippen LogP contribution in [0, 0.1) is 0 Å². The van der Waals surface area contributed by atoms with E-state index in [1.165, 1.54) is 20.3 Å². The Bertz CT molecular complexity index is 977. The van der Waals surface area contributed by atoms with Gasteiger partial charge in [0.1, 0.15) is 5.57 Å². The molecule has 9 nitrogen and oxygen atoms in total. The molecule has 0 bridgehead atoms. The molecule has 3 rings (SSSR count). The van der Waals surface area contributed by atoms with Crippen molar-refractivity contribution >= 4 is 29.9 Å². The Morgan fingerprint density at radius 2 is 1.94 bits per heavy atom. The largest absolute Gasteiger partial charge is 0.493 e. The third-order valence-electron chi connectivity index (χ3n) is 5.43. The van der Waals surface area contributed by atoms with Crippen molar-refractivity contribution in [2.24, 2.45) is 0 Å². The standard InChI is InChI=1S/C23H26N2O7/c1-4-7-15-10-14(12-18(30-2)20(15)32-13-19(26)31-3)11-17-21(27)24-23(29)25(22(17)28)16-8-5-6-9-16/h4,10-12,16H,1,5-9,13H2,2-3H3,(H,24,27,29)/b17-11+. The zero-order chi connectivity index (χ0) is 23.3. The molecule has 2 fully saturated rings. The first-order chi connectivity index (χ1) is 15.4. The number of carbonyl (C=O) groups excluding carboxylic acids is 4. The highest BCUT2D eigenvalue weighted by Gasteiger charge is 2.40. The van der Waals surface area contributed by atoms with E-state index in [1.54, 1.807) is 18.2 Å². The molecule has 1 N–H and O–H groups in total. The maximum absolute atomic E-state index is 13.0. The van der Waals surface area contributed by atoms with Crippen LogP contribution in [0.3, 0.4) is 0 Å². The summed E-state index contributed by atoms with van der Waals surface area (Å²) in [6.07, 6.45) is 6.78. The van der Waals surface area contributed by atoms with Crippen molar-refractivity contribution in [1.29, 1.82) is 0 Å². The Hall–Kier alpha value is -3.62. The summed E-state index contributed by atoms with van der Waals surface area (Å²) in [6, 6.07) is 2.41. The fourth-order valence-electron chi connectivity index (χ4n) is 3.91. The second kappa shape index (κ2) is 10.1. The molecule has 1 aromatic rings. The fraction of sp³-hybridized carbons (Fsp3) is 0.391. The lowest BCUT2D eigenvalue weighted by Gasteiger charge is -2.31. The van der Waals surface area contributed by atoms with Gasteiger partial charge in [-0.1, -0.05) is 18.9 Å². The molecule has 1 saturated carbocycles. The molecular weight excluding hydrogens is 416 g/mol. The van der Waals surface area contributed by atoms with Crippen molar-refractivity contribution in [3.8, 4) is 11.5 Å². The molecule has 0 radical (unpaired) electrons. The molecule has 0 unspecified atom stereocenters. The lowest BCUT2D eigenvalue weighted by molar-refractivity contribution is -0.143. The third-order valence-corrected chi connectivity index (χ3v) is 5.43. The number of esters is 1. The van der Waals surface area contributed by atoms with Crippen LogP contribution in [0.2, 0.25) is 0 Å². The van der Waals surface area contributed by atoms with E-state index in [4.69, 9.17) is 9.47 Å². The summed E-state index contributed by atoms with van der Waals surface area (Å²) in [6.45, 7) is 3.42. The molecule has 1 aliphatic carbocycles. The molecule has 170 valence electrons. The summed E-state index contributed by atoms with van der Waals surface area (Å²) < 4.78 is 15.6. The normalized spacial score (nSPS) is 18.0. The second-order valence-electron chi connectivity index (χ2n) is 7.50. The number of ether oxygens (including phenoxy) is 3. The van der Waals surface area contributed by atoms with Gasteiger partial charge in [-0.15, -0.1) is 6.58 Å². The third kappa shape index (κ3) is 4.82. The predicted molar refractivity (Wildman–Crippen MR) is 115 cm³/mol. The molecule has 0 atom stereocenters. The van der Waals surface area contributed by atoms with E-state index in [1.807, 2.05) is 0 Å². The van der Waals surface area contributed by atoms with Gasteiger partial charge >= 0.3 is 12.0 Å². The summed E-state index contributed by atoms with van der Waals surface area (Å²) in [5.74, 6) is -1.26. The number of nitrogens with one attached hydrogen (secondary N) is 1. The first-order valence-electron chi connectivity index (χ1n) is 10.3. The minimum absolute atomic E-state index is 0.133. The Labute approximate surface area is 186 Å². The number of barbiturate groups is 1. The Kier molecular flexibility index (Phi) is 7.29. The van der Waals surface area contributed by atoms with E-state index in [2.05, 4.69) is 16.6 Å². The summed E-state index contributed by atoms with van der Waals surface area (Å²) in [7, 11) is 2.70. The van der Waals surface area contributed by atoms with E-state index in [0.29, 0.717) is 29.0 Å². The molecule has 9 heteroatoms. The number of imide groups is 2. The van der Waals surface area contributed by atoms with Crippen molar-refractivity contribution in [2.75, 3.05) is 20.8 Å². The van der Waals surface area contributed by atoms with Gasteiger partial charge in [-0.25, -0.2) is 9.59 Å². The summed E-state index contributed by atoms with van der Waals surface area (Å²) in [5, 5.41) is 2.26. The molecule has 32 heavy (non-hydrogen) atoms. The number of nitrogens with zero attached hydrogens (tertiary/aromatic N) is 1. The molecule has 1 heterocycles. The smallest absolute Gasteiger partial charge is 0.343 e. The van der Waals surface area contributed by atoms with Gasteiger partial charge in [-0.2, -0.15) is 0 Å². The Morgan fingerprint density at radius 3 is 2.56 bits per heavy atom. The number of allylic oxidation sites excluding steroid dienone is 1. The number of benzene rings is 1. The lowest BCUT2D eigenvalue weighted by atomic mass is 10.0. The summed E-state index contributed by atoms with van der Waals surface area (Å²) in [4.78, 5) is 50.4. The minimum Gasteiger partial charge on any atom is -0.493 e. The minimum atomic E-state index is -0.746. The summed E-state index contributed by atoms with van der Waals surface area (Å²) >= 11 is 0. The summed E-state index contributed by atoms with van der Waals surface area (Å²) in [5.41, 5.74) is 1.01. The predicted octanol–water partition coefficient (Wildman–Crippen LogP) is 2.38. The number of carbonyl (C=O) groups is 4. The Balaban J connectivity index is 1.98. The van der Waals surface area contributed by atoms with Crippen LogP contribution < -0.4 is 14.8 Å². The van der Waals surface area contributed by atoms with E-state index in [-0.39, 0.29) is 18.2 Å². The maximum atomic E-state index is 13.0. The zero-order valence-corrected chi connectivity index (χ0v) is 18.1. The van der Waals surface area contributed by atoms with Crippen LogP contribution in [0.1, 0.15) is 36.8 Å². The van der Waals surface area contributed by atoms with Gasteiger partial charge in [-0.05, 0) is 43.0 Å². The average molecular weight is 442 g/mol. The number of urea groups is 1. The average Bonchev–Trinajstić information content (AvgIpc) is 3.29. The van der Waals surface area contributed by atoms with Crippen molar-refractivity contribution < 1.29 is 33.4 Å². The molecular formula is C23H26N2O7. The van der Waals surface area contributed by atoms with Gasteiger partial charge in [0.2, 0.25) is 0 Å². The van der Waals surface area contributed by atoms with E-state index >= 15 is 0 Å². The molecule has 0 aromatic heterocycles.